The van der Waals surface area contributed by atoms with Crippen LogP contribution in [0.4, 0.5) is 0 Å². The average molecular weight is 220 g/mol. The van der Waals surface area contributed by atoms with E-state index in [1.54, 1.807) is 24.3 Å². The summed E-state index contributed by atoms with van der Waals surface area (Å²) in [6.45, 7) is 4.27. The summed E-state index contributed by atoms with van der Waals surface area (Å²) in [6, 6.07) is 5.03. The molecule has 0 atom stereocenters. The van der Waals surface area contributed by atoms with E-state index in [0.29, 0.717) is 24.4 Å². The number of carbonyl (C=O) groups excluding carboxylic acids is 1. The van der Waals surface area contributed by atoms with Crippen LogP contribution in [0.3, 0.4) is 0 Å². The Labute approximate surface area is 95.4 Å². The van der Waals surface area contributed by atoms with Crippen molar-refractivity contribution in [3.05, 3.63) is 29.3 Å². The van der Waals surface area contributed by atoms with E-state index in [1.807, 2.05) is 13.8 Å². The highest BCUT2D eigenvalue weighted by molar-refractivity contribution is 5.81. The van der Waals surface area contributed by atoms with Crippen LogP contribution in [0.2, 0.25) is 0 Å². The lowest BCUT2D eigenvalue weighted by molar-refractivity contribution is -0.104. The van der Waals surface area contributed by atoms with E-state index in [-0.39, 0.29) is 5.75 Å². The zero-order valence-corrected chi connectivity index (χ0v) is 9.56. The van der Waals surface area contributed by atoms with E-state index < -0.39 is 0 Å². The number of ether oxygens (including phenoxy) is 1. The molecule has 0 aliphatic carbocycles. The molecule has 16 heavy (non-hydrogen) atoms. The molecule has 0 unspecified atom stereocenters. The second-order valence-electron chi connectivity index (χ2n) is 3.35. The van der Waals surface area contributed by atoms with E-state index in [9.17, 15) is 9.90 Å². The molecule has 0 spiro atoms. The van der Waals surface area contributed by atoms with Gasteiger partial charge in [0.05, 0.1) is 6.61 Å². The van der Waals surface area contributed by atoms with Gasteiger partial charge in [-0.1, -0.05) is 13.0 Å². The summed E-state index contributed by atoms with van der Waals surface area (Å²) in [7, 11) is 0. The van der Waals surface area contributed by atoms with Crippen LogP contribution in [-0.2, 0) is 4.79 Å². The zero-order valence-electron chi connectivity index (χ0n) is 9.56. The Bertz CT molecular complexity index is 394. The Morgan fingerprint density at radius 1 is 1.44 bits per heavy atom. The molecule has 0 saturated heterocycles. The first-order chi connectivity index (χ1) is 7.71. The summed E-state index contributed by atoms with van der Waals surface area (Å²) in [5.41, 5.74) is 1.57. The summed E-state index contributed by atoms with van der Waals surface area (Å²) in [4.78, 5) is 10.7. The number of allylic oxidation sites excluding steroid dienone is 1. The monoisotopic (exact) mass is 220 g/mol. The molecule has 1 aromatic rings. The average Bonchev–Trinajstić information content (AvgIpc) is 2.30. The molecule has 0 saturated carbocycles. The Morgan fingerprint density at radius 2 is 2.19 bits per heavy atom. The fraction of sp³-hybridized carbons (Fsp3) is 0.308. The number of hydrogen-bond donors (Lipinski definition) is 1. The van der Waals surface area contributed by atoms with Crippen molar-refractivity contribution in [2.75, 3.05) is 6.61 Å². The fourth-order valence-electron chi connectivity index (χ4n) is 1.33. The minimum absolute atomic E-state index is 0.114. The van der Waals surface area contributed by atoms with Gasteiger partial charge in [0.2, 0.25) is 0 Å². The predicted octanol–water partition coefficient (Wildman–Crippen LogP) is 2.78. The van der Waals surface area contributed by atoms with Gasteiger partial charge < -0.3 is 9.84 Å². The van der Waals surface area contributed by atoms with E-state index in [1.165, 1.54) is 0 Å². The number of benzene rings is 1. The molecule has 0 amide bonds. The minimum atomic E-state index is 0.114. The summed E-state index contributed by atoms with van der Waals surface area (Å²) < 4.78 is 5.26. The molecule has 0 aliphatic rings. The molecule has 1 aromatic carbocycles. The maximum absolute atomic E-state index is 10.7. The first-order valence-corrected chi connectivity index (χ1v) is 5.32. The van der Waals surface area contributed by atoms with E-state index in [4.69, 9.17) is 4.74 Å². The molecule has 1 rings (SSSR count). The first-order valence-electron chi connectivity index (χ1n) is 5.32. The molecule has 86 valence electrons. The molecule has 1 N–H and O–H groups in total. The highest BCUT2D eigenvalue weighted by Gasteiger charge is 2.02. The molecule has 0 radical (unpaired) electrons. The van der Waals surface area contributed by atoms with Crippen LogP contribution in [0.5, 0.6) is 11.5 Å². The van der Waals surface area contributed by atoms with Crippen LogP contribution in [-0.4, -0.2) is 18.0 Å². The third kappa shape index (κ3) is 3.12. The highest BCUT2D eigenvalue weighted by atomic mass is 16.5. The number of aldehydes is 1. The Hall–Kier alpha value is -1.77. The molecule has 0 aromatic heterocycles. The first kappa shape index (κ1) is 12.3. The maximum atomic E-state index is 10.7. The molecule has 3 nitrogen and oxygen atoms in total. The normalized spacial score (nSPS) is 11.2. The zero-order chi connectivity index (χ0) is 12.0. The van der Waals surface area contributed by atoms with Crippen LogP contribution in [0.25, 0.3) is 6.08 Å². The maximum Gasteiger partial charge on any atom is 0.161 e. The molecular formula is C13H16O3. The van der Waals surface area contributed by atoms with E-state index >= 15 is 0 Å². The number of aromatic hydroxyl groups is 1. The summed E-state index contributed by atoms with van der Waals surface area (Å²) >= 11 is 0. The minimum Gasteiger partial charge on any atom is -0.504 e. The standard InChI is InChI=1S/C13H16O3/c1-3-10(9-14)7-11-5-6-12(15)13(8-11)16-4-2/h5-9,15H,3-4H2,1-2H3. The van der Waals surface area contributed by atoms with Gasteiger partial charge in [-0.25, -0.2) is 0 Å². The van der Waals surface area contributed by atoms with Gasteiger partial charge in [-0.05, 0) is 42.7 Å². The molecule has 0 fully saturated rings. The van der Waals surface area contributed by atoms with Gasteiger partial charge in [-0.2, -0.15) is 0 Å². The van der Waals surface area contributed by atoms with Gasteiger partial charge in [0, 0.05) is 0 Å². The van der Waals surface area contributed by atoms with Crippen LogP contribution < -0.4 is 4.74 Å². The number of hydrogen-bond acceptors (Lipinski definition) is 3. The van der Waals surface area contributed by atoms with Crippen molar-refractivity contribution in [3.63, 3.8) is 0 Å². The van der Waals surface area contributed by atoms with Gasteiger partial charge in [0.1, 0.15) is 6.29 Å². The Morgan fingerprint density at radius 3 is 2.75 bits per heavy atom. The molecule has 0 heterocycles. The van der Waals surface area contributed by atoms with Gasteiger partial charge in [0.25, 0.3) is 0 Å². The Kier molecular flexibility index (Phi) is 4.58. The summed E-state index contributed by atoms with van der Waals surface area (Å²) in [5, 5.41) is 9.50. The van der Waals surface area contributed by atoms with Gasteiger partial charge >= 0.3 is 0 Å². The SMILES string of the molecule is CCOc1cc(C=C(C=O)CC)ccc1O. The third-order valence-electron chi connectivity index (χ3n) is 2.20. The van der Waals surface area contributed by atoms with Crippen LogP contribution in [0.1, 0.15) is 25.8 Å². The predicted molar refractivity (Wildman–Crippen MR) is 63.6 cm³/mol. The van der Waals surface area contributed by atoms with Gasteiger partial charge in [-0.15, -0.1) is 0 Å². The largest absolute Gasteiger partial charge is 0.504 e. The van der Waals surface area contributed by atoms with Crippen molar-refractivity contribution >= 4 is 12.4 Å². The second-order valence-corrected chi connectivity index (χ2v) is 3.35. The van der Waals surface area contributed by atoms with Gasteiger partial charge in [-0.3, -0.25) is 4.79 Å². The summed E-state index contributed by atoms with van der Waals surface area (Å²) in [6.07, 6.45) is 3.32. The Balaban J connectivity index is 3.02. The number of carbonyl (C=O) groups is 1. The topological polar surface area (TPSA) is 46.5 Å². The molecular weight excluding hydrogens is 204 g/mol. The van der Waals surface area contributed by atoms with Crippen molar-refractivity contribution in [3.8, 4) is 11.5 Å². The second kappa shape index (κ2) is 5.95. The van der Waals surface area contributed by atoms with Crippen LogP contribution >= 0.6 is 0 Å². The highest BCUT2D eigenvalue weighted by Crippen LogP contribution is 2.27. The van der Waals surface area contributed by atoms with Gasteiger partial charge in [0.15, 0.2) is 11.5 Å². The lowest BCUT2D eigenvalue weighted by atomic mass is 10.1. The smallest absolute Gasteiger partial charge is 0.161 e. The number of phenols is 1. The molecule has 0 aliphatic heterocycles. The lowest BCUT2D eigenvalue weighted by Gasteiger charge is -2.06. The van der Waals surface area contributed by atoms with Crippen LogP contribution in [0.15, 0.2) is 23.8 Å². The van der Waals surface area contributed by atoms with Crippen molar-refractivity contribution in [1.29, 1.82) is 0 Å². The number of phenolic OH excluding ortho intramolecular Hbond substituents is 1. The lowest BCUT2D eigenvalue weighted by Crippen LogP contribution is -1.92. The fourth-order valence-corrected chi connectivity index (χ4v) is 1.33. The van der Waals surface area contributed by atoms with Crippen molar-refractivity contribution in [1.82, 2.24) is 0 Å². The van der Waals surface area contributed by atoms with Crippen LogP contribution in [0, 0.1) is 0 Å². The molecule has 3 heteroatoms. The molecule has 0 bridgehead atoms. The van der Waals surface area contributed by atoms with Crippen molar-refractivity contribution in [2.45, 2.75) is 20.3 Å². The number of rotatable bonds is 5. The quantitative estimate of drug-likeness (QED) is 0.613. The van der Waals surface area contributed by atoms with Crippen molar-refractivity contribution in [2.24, 2.45) is 0 Å². The van der Waals surface area contributed by atoms with Crippen molar-refractivity contribution < 1.29 is 14.6 Å². The van der Waals surface area contributed by atoms with E-state index in [0.717, 1.165) is 11.8 Å². The summed E-state index contributed by atoms with van der Waals surface area (Å²) in [5.74, 6) is 0.556. The van der Waals surface area contributed by atoms with E-state index in [2.05, 4.69) is 0 Å². The third-order valence-corrected chi connectivity index (χ3v) is 2.20.